The van der Waals surface area contributed by atoms with Gasteiger partial charge in [0.05, 0.1) is 0 Å². The molecule has 10 nitrogen and oxygen atoms in total. The number of aromatic amines is 1. The summed E-state index contributed by atoms with van der Waals surface area (Å²) in [4.78, 5) is 32.2. The molecule has 12 heteroatoms. The third-order valence-electron chi connectivity index (χ3n) is 5.23. The SMILES string of the molecule is Cc1[nH]c(=O)sc1S(=O)(=O)N1CCN(C(=O)CCCc2nc(-c3ccccc3)no2)CC1. The number of amides is 1. The molecule has 0 unspecified atom stereocenters. The second kappa shape index (κ2) is 9.35. The number of benzene rings is 1. The van der Waals surface area contributed by atoms with Crippen molar-refractivity contribution in [3.63, 3.8) is 0 Å². The average molecular weight is 478 g/mol. The van der Waals surface area contributed by atoms with Gasteiger partial charge < -0.3 is 14.4 Å². The molecule has 1 N–H and O–H groups in total. The normalized spacial score (nSPS) is 15.2. The highest BCUT2D eigenvalue weighted by atomic mass is 32.2. The third-order valence-corrected chi connectivity index (χ3v) is 8.71. The summed E-state index contributed by atoms with van der Waals surface area (Å²) in [7, 11) is -3.74. The highest BCUT2D eigenvalue weighted by Crippen LogP contribution is 2.22. The minimum atomic E-state index is -3.74. The van der Waals surface area contributed by atoms with Gasteiger partial charge in [-0.15, -0.1) is 0 Å². The Morgan fingerprint density at radius 2 is 1.91 bits per heavy atom. The lowest BCUT2D eigenvalue weighted by molar-refractivity contribution is -0.132. The van der Waals surface area contributed by atoms with Crippen LogP contribution in [0.4, 0.5) is 0 Å². The Morgan fingerprint density at radius 1 is 1.19 bits per heavy atom. The van der Waals surface area contributed by atoms with Crippen molar-refractivity contribution in [2.45, 2.75) is 30.4 Å². The van der Waals surface area contributed by atoms with Crippen LogP contribution in [-0.2, 0) is 21.2 Å². The van der Waals surface area contributed by atoms with E-state index in [0.29, 0.717) is 61.1 Å². The van der Waals surface area contributed by atoms with Crippen LogP contribution in [0.25, 0.3) is 11.4 Å². The Morgan fingerprint density at radius 3 is 2.56 bits per heavy atom. The zero-order chi connectivity index (χ0) is 22.7. The van der Waals surface area contributed by atoms with Gasteiger partial charge in [-0.1, -0.05) is 46.8 Å². The van der Waals surface area contributed by atoms with Gasteiger partial charge in [0.2, 0.25) is 17.6 Å². The van der Waals surface area contributed by atoms with Gasteiger partial charge in [-0.3, -0.25) is 9.59 Å². The van der Waals surface area contributed by atoms with Crippen molar-refractivity contribution >= 4 is 27.3 Å². The first-order valence-corrected chi connectivity index (χ1v) is 12.5. The van der Waals surface area contributed by atoms with Gasteiger partial charge >= 0.3 is 4.87 Å². The summed E-state index contributed by atoms with van der Waals surface area (Å²) in [5.41, 5.74) is 1.21. The van der Waals surface area contributed by atoms with Crippen molar-refractivity contribution in [1.29, 1.82) is 0 Å². The fourth-order valence-electron chi connectivity index (χ4n) is 3.54. The van der Waals surface area contributed by atoms with Crippen LogP contribution in [0.2, 0.25) is 0 Å². The maximum absolute atomic E-state index is 12.8. The van der Waals surface area contributed by atoms with Crippen molar-refractivity contribution in [3.8, 4) is 11.4 Å². The quantitative estimate of drug-likeness (QED) is 0.548. The zero-order valence-electron chi connectivity index (χ0n) is 17.5. The Labute approximate surface area is 188 Å². The van der Waals surface area contributed by atoms with Crippen molar-refractivity contribution < 1.29 is 17.7 Å². The molecule has 0 aliphatic carbocycles. The van der Waals surface area contributed by atoms with Crippen LogP contribution in [0.15, 0.2) is 43.9 Å². The second-order valence-electron chi connectivity index (χ2n) is 7.44. The predicted molar refractivity (Wildman–Crippen MR) is 118 cm³/mol. The van der Waals surface area contributed by atoms with Crippen LogP contribution in [0.1, 0.15) is 24.4 Å². The molecule has 0 spiro atoms. The van der Waals surface area contributed by atoms with E-state index in [9.17, 15) is 18.0 Å². The van der Waals surface area contributed by atoms with Crippen LogP contribution in [0, 0.1) is 6.92 Å². The van der Waals surface area contributed by atoms with E-state index in [4.69, 9.17) is 4.52 Å². The molecule has 1 saturated heterocycles. The van der Waals surface area contributed by atoms with Gasteiger partial charge in [-0.2, -0.15) is 9.29 Å². The number of nitrogens with zero attached hydrogens (tertiary/aromatic N) is 4. The number of aromatic nitrogens is 3. The standard InChI is InChI=1S/C20H23N5O5S2/c1-14-19(31-20(27)21-14)32(28,29)25-12-10-24(11-13-25)17(26)9-5-8-16-22-18(23-30-16)15-6-3-2-4-7-15/h2-4,6-7H,5,8-13H2,1H3,(H,21,27). The number of nitrogens with one attached hydrogen (secondary N) is 1. The maximum atomic E-state index is 12.8. The summed E-state index contributed by atoms with van der Waals surface area (Å²) in [6.07, 6.45) is 1.37. The number of thiazole rings is 1. The molecule has 2 aromatic heterocycles. The summed E-state index contributed by atoms with van der Waals surface area (Å²) in [6.45, 7) is 2.59. The fraction of sp³-hybridized carbons (Fsp3) is 0.400. The number of carbonyl (C=O) groups excluding carboxylic acids is 1. The largest absolute Gasteiger partial charge is 0.340 e. The van der Waals surface area contributed by atoms with E-state index in [1.807, 2.05) is 30.3 Å². The van der Waals surface area contributed by atoms with E-state index in [1.165, 1.54) is 4.31 Å². The van der Waals surface area contributed by atoms with Crippen LogP contribution in [0.5, 0.6) is 0 Å². The molecule has 0 saturated carbocycles. The van der Waals surface area contributed by atoms with E-state index in [2.05, 4.69) is 15.1 Å². The van der Waals surface area contributed by atoms with Gasteiger partial charge in [0.1, 0.15) is 0 Å². The molecular formula is C20H23N5O5S2. The van der Waals surface area contributed by atoms with Crippen LogP contribution in [-0.4, -0.2) is 64.8 Å². The van der Waals surface area contributed by atoms with Gasteiger partial charge in [0.15, 0.2) is 4.21 Å². The molecule has 1 aliphatic heterocycles. The molecule has 3 aromatic rings. The third kappa shape index (κ3) is 4.81. The molecule has 4 rings (SSSR count). The van der Waals surface area contributed by atoms with Crippen LogP contribution in [0.3, 0.4) is 0 Å². The maximum Gasteiger partial charge on any atom is 0.305 e. The van der Waals surface area contributed by atoms with Crippen molar-refractivity contribution in [3.05, 3.63) is 51.6 Å². The Balaban J connectivity index is 1.26. The lowest BCUT2D eigenvalue weighted by Crippen LogP contribution is -2.50. The summed E-state index contributed by atoms with van der Waals surface area (Å²) >= 11 is 0.690. The summed E-state index contributed by atoms with van der Waals surface area (Å²) in [6, 6.07) is 9.51. The van der Waals surface area contributed by atoms with Crippen LogP contribution < -0.4 is 4.87 Å². The molecular weight excluding hydrogens is 454 g/mol. The summed E-state index contributed by atoms with van der Waals surface area (Å²) < 4.78 is 32.2. The summed E-state index contributed by atoms with van der Waals surface area (Å²) in [5, 5.41) is 3.97. The topological polar surface area (TPSA) is 129 Å². The number of rotatable bonds is 7. The lowest BCUT2D eigenvalue weighted by atomic mass is 10.2. The average Bonchev–Trinajstić information content (AvgIpc) is 3.40. The molecule has 1 aliphatic rings. The Bertz CT molecular complexity index is 1240. The molecule has 3 heterocycles. The van der Waals surface area contributed by atoms with E-state index < -0.39 is 14.9 Å². The lowest BCUT2D eigenvalue weighted by Gasteiger charge is -2.33. The van der Waals surface area contributed by atoms with E-state index in [1.54, 1.807) is 11.8 Å². The minimum Gasteiger partial charge on any atom is -0.340 e. The van der Waals surface area contributed by atoms with E-state index in [0.717, 1.165) is 5.56 Å². The molecule has 0 bridgehead atoms. The monoisotopic (exact) mass is 477 g/mol. The molecule has 1 fully saturated rings. The first kappa shape index (κ1) is 22.4. The Hall–Kier alpha value is -2.83. The minimum absolute atomic E-state index is 0.0349. The number of aryl methyl sites for hydroxylation is 2. The van der Waals surface area contributed by atoms with Crippen LogP contribution >= 0.6 is 11.3 Å². The van der Waals surface area contributed by atoms with Gasteiger partial charge in [-0.25, -0.2) is 8.42 Å². The van der Waals surface area contributed by atoms with Crippen molar-refractivity contribution in [1.82, 2.24) is 24.3 Å². The number of hydrogen-bond donors (Lipinski definition) is 1. The highest BCUT2D eigenvalue weighted by molar-refractivity contribution is 7.91. The number of piperazine rings is 1. The molecule has 0 radical (unpaired) electrons. The van der Waals surface area contributed by atoms with Crippen molar-refractivity contribution in [2.24, 2.45) is 0 Å². The van der Waals surface area contributed by atoms with Gasteiger partial charge in [0, 0.05) is 50.3 Å². The first-order valence-electron chi connectivity index (χ1n) is 10.2. The first-order chi connectivity index (χ1) is 15.3. The molecule has 1 amide bonds. The van der Waals surface area contributed by atoms with Gasteiger partial charge in [0.25, 0.3) is 10.0 Å². The Kier molecular flexibility index (Phi) is 6.53. The van der Waals surface area contributed by atoms with Crippen molar-refractivity contribution in [2.75, 3.05) is 26.2 Å². The van der Waals surface area contributed by atoms with E-state index in [-0.39, 0.29) is 23.2 Å². The predicted octanol–water partition coefficient (Wildman–Crippen LogP) is 1.65. The smallest absolute Gasteiger partial charge is 0.305 e. The number of hydrogen-bond acceptors (Lipinski definition) is 8. The molecule has 0 atom stereocenters. The zero-order valence-corrected chi connectivity index (χ0v) is 19.1. The summed E-state index contributed by atoms with van der Waals surface area (Å²) in [5.74, 6) is 0.965. The number of carbonyl (C=O) groups is 1. The molecule has 32 heavy (non-hydrogen) atoms. The highest BCUT2D eigenvalue weighted by Gasteiger charge is 2.32. The number of sulfonamides is 1. The van der Waals surface area contributed by atoms with E-state index >= 15 is 0 Å². The second-order valence-corrected chi connectivity index (χ2v) is 10.6. The number of H-pyrrole nitrogens is 1. The molecule has 170 valence electrons. The molecule has 1 aromatic carbocycles. The van der Waals surface area contributed by atoms with Gasteiger partial charge in [-0.05, 0) is 13.3 Å². The fourth-order valence-corrected chi connectivity index (χ4v) is 6.40.